The van der Waals surface area contributed by atoms with Gasteiger partial charge in [0.05, 0.1) is 12.6 Å². The summed E-state index contributed by atoms with van der Waals surface area (Å²) in [5, 5.41) is 12.5. The summed E-state index contributed by atoms with van der Waals surface area (Å²) in [4.78, 5) is 20.4. The normalized spacial score (nSPS) is 17.5. The van der Waals surface area contributed by atoms with Crippen molar-refractivity contribution in [1.29, 1.82) is 5.26 Å². The highest BCUT2D eigenvalue weighted by Gasteiger charge is 2.29. The lowest BCUT2D eigenvalue weighted by molar-refractivity contribution is 0.108. The third-order valence-electron chi connectivity index (χ3n) is 4.72. The van der Waals surface area contributed by atoms with Gasteiger partial charge in [-0.1, -0.05) is 30.3 Å². The molecule has 1 aromatic carbocycles. The summed E-state index contributed by atoms with van der Waals surface area (Å²) >= 11 is 0. The molecule has 2 amide bonds. The Labute approximate surface area is 154 Å². The Morgan fingerprint density at radius 3 is 2.85 bits per heavy atom. The Morgan fingerprint density at radius 1 is 1.31 bits per heavy atom. The SMILES string of the molecule is Cc1cnccc1CNC(=O)N1CCN(Cc2ccccc2)[C@H](C#N)C1. The summed E-state index contributed by atoms with van der Waals surface area (Å²) in [6.07, 6.45) is 3.51. The maximum absolute atomic E-state index is 12.5. The van der Waals surface area contributed by atoms with Crippen molar-refractivity contribution in [2.45, 2.75) is 26.1 Å². The van der Waals surface area contributed by atoms with Crippen molar-refractivity contribution in [2.24, 2.45) is 0 Å². The second-order valence-electron chi connectivity index (χ2n) is 6.51. The molecule has 1 aliphatic rings. The molecule has 6 heteroatoms. The van der Waals surface area contributed by atoms with E-state index in [0.717, 1.165) is 17.7 Å². The molecule has 1 saturated heterocycles. The molecule has 134 valence electrons. The van der Waals surface area contributed by atoms with Gasteiger partial charge in [0.2, 0.25) is 0 Å². The first-order valence-electron chi connectivity index (χ1n) is 8.77. The average molecular weight is 349 g/mol. The van der Waals surface area contributed by atoms with Crippen molar-refractivity contribution in [3.05, 3.63) is 65.5 Å². The first kappa shape index (κ1) is 17.9. The van der Waals surface area contributed by atoms with Gasteiger partial charge in [-0.25, -0.2) is 4.79 Å². The number of nitrogens with zero attached hydrogens (tertiary/aromatic N) is 4. The summed E-state index contributed by atoms with van der Waals surface area (Å²) in [6, 6.07) is 13.9. The maximum atomic E-state index is 12.5. The van der Waals surface area contributed by atoms with Crippen LogP contribution in [-0.2, 0) is 13.1 Å². The van der Waals surface area contributed by atoms with E-state index in [-0.39, 0.29) is 12.1 Å². The minimum absolute atomic E-state index is 0.124. The van der Waals surface area contributed by atoms with Crippen molar-refractivity contribution >= 4 is 6.03 Å². The van der Waals surface area contributed by atoms with E-state index in [2.05, 4.69) is 33.4 Å². The fraction of sp³-hybridized carbons (Fsp3) is 0.350. The van der Waals surface area contributed by atoms with Crippen LogP contribution in [0.2, 0.25) is 0 Å². The van der Waals surface area contributed by atoms with Gasteiger partial charge >= 0.3 is 6.03 Å². The third kappa shape index (κ3) is 4.38. The summed E-state index contributed by atoms with van der Waals surface area (Å²) in [5.74, 6) is 0. The van der Waals surface area contributed by atoms with Crippen LogP contribution in [-0.4, -0.2) is 46.5 Å². The smallest absolute Gasteiger partial charge is 0.317 e. The quantitative estimate of drug-likeness (QED) is 0.919. The fourth-order valence-corrected chi connectivity index (χ4v) is 3.12. The van der Waals surface area contributed by atoms with Gasteiger partial charge in [0.15, 0.2) is 0 Å². The van der Waals surface area contributed by atoms with Crippen molar-refractivity contribution in [3.63, 3.8) is 0 Å². The molecular formula is C20H23N5O. The molecule has 1 aliphatic heterocycles. The highest BCUT2D eigenvalue weighted by Crippen LogP contribution is 2.14. The average Bonchev–Trinajstić information content (AvgIpc) is 2.68. The van der Waals surface area contributed by atoms with E-state index in [0.29, 0.717) is 26.2 Å². The van der Waals surface area contributed by atoms with Crippen molar-refractivity contribution in [2.75, 3.05) is 19.6 Å². The zero-order valence-electron chi connectivity index (χ0n) is 14.9. The van der Waals surface area contributed by atoms with Crippen LogP contribution >= 0.6 is 0 Å². The Balaban J connectivity index is 1.55. The van der Waals surface area contributed by atoms with Crippen LogP contribution in [0.15, 0.2) is 48.8 Å². The van der Waals surface area contributed by atoms with Crippen molar-refractivity contribution in [1.82, 2.24) is 20.1 Å². The highest BCUT2D eigenvalue weighted by molar-refractivity contribution is 5.74. The molecule has 2 heterocycles. The molecule has 1 N–H and O–H groups in total. The molecule has 0 saturated carbocycles. The van der Waals surface area contributed by atoms with Crippen LogP contribution in [0.5, 0.6) is 0 Å². The molecule has 1 fully saturated rings. The number of carbonyl (C=O) groups excluding carboxylic acids is 1. The lowest BCUT2D eigenvalue weighted by Gasteiger charge is -2.38. The summed E-state index contributed by atoms with van der Waals surface area (Å²) in [6.45, 7) is 4.90. The van der Waals surface area contributed by atoms with Crippen LogP contribution in [0.25, 0.3) is 0 Å². The van der Waals surface area contributed by atoms with Gasteiger partial charge in [-0.2, -0.15) is 5.26 Å². The van der Waals surface area contributed by atoms with Gasteiger partial charge < -0.3 is 10.2 Å². The number of benzene rings is 1. The summed E-state index contributed by atoms with van der Waals surface area (Å²) in [7, 11) is 0. The predicted octanol–water partition coefficient (Wildman–Crippen LogP) is 2.31. The second kappa shape index (κ2) is 8.45. The predicted molar refractivity (Wildman–Crippen MR) is 99.0 cm³/mol. The number of pyridine rings is 1. The van der Waals surface area contributed by atoms with Crippen molar-refractivity contribution in [3.8, 4) is 6.07 Å². The van der Waals surface area contributed by atoms with E-state index < -0.39 is 0 Å². The first-order chi connectivity index (χ1) is 12.7. The van der Waals surface area contributed by atoms with E-state index in [1.807, 2.05) is 31.2 Å². The highest BCUT2D eigenvalue weighted by atomic mass is 16.2. The summed E-state index contributed by atoms with van der Waals surface area (Å²) in [5.41, 5.74) is 3.28. The van der Waals surface area contributed by atoms with Crippen LogP contribution in [0.3, 0.4) is 0 Å². The molecule has 2 aromatic rings. The number of nitrogens with one attached hydrogen (secondary N) is 1. The first-order valence-corrected chi connectivity index (χ1v) is 8.77. The molecule has 0 aliphatic carbocycles. The second-order valence-corrected chi connectivity index (χ2v) is 6.51. The fourth-order valence-electron chi connectivity index (χ4n) is 3.12. The van der Waals surface area contributed by atoms with E-state index in [1.54, 1.807) is 17.3 Å². The lowest BCUT2D eigenvalue weighted by Crippen LogP contribution is -2.55. The Kier molecular flexibility index (Phi) is 5.82. The van der Waals surface area contributed by atoms with Gasteiger partial charge in [0, 0.05) is 38.6 Å². The molecule has 3 rings (SSSR count). The van der Waals surface area contributed by atoms with E-state index in [4.69, 9.17) is 0 Å². The van der Waals surface area contributed by atoms with Gasteiger partial charge in [-0.15, -0.1) is 0 Å². The van der Waals surface area contributed by atoms with E-state index >= 15 is 0 Å². The maximum Gasteiger partial charge on any atom is 0.317 e. The van der Waals surface area contributed by atoms with Crippen LogP contribution in [0.4, 0.5) is 4.79 Å². The van der Waals surface area contributed by atoms with Gasteiger partial charge in [0.25, 0.3) is 0 Å². The van der Waals surface area contributed by atoms with Crippen LogP contribution in [0, 0.1) is 18.3 Å². The van der Waals surface area contributed by atoms with Gasteiger partial charge in [0.1, 0.15) is 6.04 Å². The number of amides is 2. The Morgan fingerprint density at radius 2 is 2.12 bits per heavy atom. The molecule has 0 unspecified atom stereocenters. The minimum atomic E-state index is -0.294. The number of nitriles is 1. The molecular weight excluding hydrogens is 326 g/mol. The topological polar surface area (TPSA) is 72.3 Å². The van der Waals surface area contributed by atoms with Crippen LogP contribution in [0.1, 0.15) is 16.7 Å². The van der Waals surface area contributed by atoms with Crippen LogP contribution < -0.4 is 5.32 Å². The standard InChI is InChI=1S/C20H23N5O/c1-16-12-22-8-7-18(16)13-23-20(26)25-10-9-24(19(11-21)15-25)14-17-5-3-2-4-6-17/h2-8,12,19H,9-10,13-15H2,1H3,(H,23,26)/t19-/m1/s1. The van der Waals surface area contributed by atoms with Crippen molar-refractivity contribution < 1.29 is 4.79 Å². The molecule has 6 nitrogen and oxygen atoms in total. The zero-order valence-corrected chi connectivity index (χ0v) is 14.9. The number of hydrogen-bond donors (Lipinski definition) is 1. The van der Waals surface area contributed by atoms with Gasteiger partial charge in [-0.05, 0) is 29.7 Å². The molecule has 1 aromatic heterocycles. The number of piperazine rings is 1. The molecule has 1 atom stereocenters. The molecule has 0 radical (unpaired) electrons. The lowest BCUT2D eigenvalue weighted by atomic mass is 10.1. The largest absolute Gasteiger partial charge is 0.334 e. The number of carbonyl (C=O) groups is 1. The van der Waals surface area contributed by atoms with Gasteiger partial charge in [-0.3, -0.25) is 9.88 Å². The number of urea groups is 1. The Bertz CT molecular complexity index is 786. The van der Waals surface area contributed by atoms with E-state index in [9.17, 15) is 10.1 Å². The molecule has 0 spiro atoms. The molecule has 26 heavy (non-hydrogen) atoms. The minimum Gasteiger partial charge on any atom is -0.334 e. The van der Waals surface area contributed by atoms with E-state index in [1.165, 1.54) is 5.56 Å². The Hall–Kier alpha value is -2.91. The number of aromatic nitrogens is 1. The zero-order chi connectivity index (χ0) is 18.4. The summed E-state index contributed by atoms with van der Waals surface area (Å²) < 4.78 is 0. The number of hydrogen-bond acceptors (Lipinski definition) is 4. The number of rotatable bonds is 4. The number of aryl methyl sites for hydroxylation is 1. The molecule has 0 bridgehead atoms. The monoisotopic (exact) mass is 349 g/mol. The third-order valence-corrected chi connectivity index (χ3v) is 4.72.